The molecule has 0 saturated carbocycles. The summed E-state index contributed by atoms with van der Waals surface area (Å²) in [6, 6.07) is 7.30. The van der Waals surface area contributed by atoms with Gasteiger partial charge in [0.05, 0.1) is 0 Å². The average Bonchev–Trinajstić information content (AvgIpc) is 3.13. The van der Waals surface area contributed by atoms with Gasteiger partial charge in [-0.25, -0.2) is 0 Å². The van der Waals surface area contributed by atoms with Gasteiger partial charge in [-0.2, -0.15) is 0 Å². The Bertz CT molecular complexity index is 1220. The summed E-state index contributed by atoms with van der Waals surface area (Å²) in [7, 11) is 1.24. The molecule has 0 radical (unpaired) electrons. The molecular weight excluding hydrogens is 592 g/mol. The first-order valence-corrected chi connectivity index (χ1v) is 16.0. The zero-order valence-electron chi connectivity index (χ0n) is 28.8. The van der Waals surface area contributed by atoms with Gasteiger partial charge >= 0.3 is 17.9 Å². The molecule has 1 aromatic rings. The molecule has 11 nitrogen and oxygen atoms in total. The first-order chi connectivity index (χ1) is 21.6. The summed E-state index contributed by atoms with van der Waals surface area (Å²) in [6.07, 6.45) is 0.316. The first kappa shape index (κ1) is 38.5. The van der Waals surface area contributed by atoms with Crippen LogP contribution in [0.25, 0.3) is 0 Å². The minimum Gasteiger partial charge on any atom is -0.455 e. The molecule has 2 unspecified atom stereocenters. The van der Waals surface area contributed by atoms with Gasteiger partial charge in [0.15, 0.2) is 24.4 Å². The lowest BCUT2D eigenvalue weighted by molar-refractivity contribution is -0.192. The van der Waals surface area contributed by atoms with Crippen LogP contribution in [-0.4, -0.2) is 78.7 Å². The zero-order valence-corrected chi connectivity index (χ0v) is 28.8. The highest BCUT2D eigenvalue weighted by atomic mass is 16.6. The third kappa shape index (κ3) is 11.9. The van der Waals surface area contributed by atoms with Crippen molar-refractivity contribution >= 4 is 29.7 Å². The monoisotopic (exact) mass is 644 g/mol. The molecule has 11 heteroatoms. The SMILES string of the molecule is CCC(C)C=C[C@@H](OC(C)=O)[C@H](OC(C)=O)[C@@H](OC(C)=O)[C@@H](OC)C(=O)NC1CCCCN(Cc2ccc(C(C)(C)C)cc2)C1=O. The number of rotatable bonds is 14. The number of benzene rings is 1. The van der Waals surface area contributed by atoms with Gasteiger partial charge in [0.1, 0.15) is 6.04 Å². The van der Waals surface area contributed by atoms with Gasteiger partial charge in [0.2, 0.25) is 5.91 Å². The van der Waals surface area contributed by atoms with E-state index in [1.165, 1.54) is 19.6 Å². The molecule has 0 aliphatic carbocycles. The number of esters is 3. The number of hydrogen-bond donors (Lipinski definition) is 1. The predicted molar refractivity (Wildman–Crippen MR) is 172 cm³/mol. The van der Waals surface area contributed by atoms with Gasteiger partial charge < -0.3 is 29.2 Å². The van der Waals surface area contributed by atoms with Gasteiger partial charge in [0.25, 0.3) is 5.91 Å². The molecule has 2 rings (SSSR count). The van der Waals surface area contributed by atoms with E-state index in [0.717, 1.165) is 32.3 Å². The van der Waals surface area contributed by atoms with E-state index in [1.54, 1.807) is 17.1 Å². The Morgan fingerprint density at radius 1 is 0.935 bits per heavy atom. The quantitative estimate of drug-likeness (QED) is 0.178. The van der Waals surface area contributed by atoms with Gasteiger partial charge in [-0.15, -0.1) is 0 Å². The lowest BCUT2D eigenvalue weighted by atomic mass is 9.87. The molecule has 1 fully saturated rings. The molecule has 1 aromatic carbocycles. The third-order valence-electron chi connectivity index (χ3n) is 7.93. The van der Waals surface area contributed by atoms with Crippen LogP contribution >= 0.6 is 0 Å². The Morgan fingerprint density at radius 2 is 1.52 bits per heavy atom. The van der Waals surface area contributed by atoms with Gasteiger partial charge in [-0.05, 0) is 47.8 Å². The zero-order chi connectivity index (χ0) is 34.6. The van der Waals surface area contributed by atoms with E-state index < -0.39 is 54.3 Å². The van der Waals surface area contributed by atoms with E-state index >= 15 is 0 Å². The van der Waals surface area contributed by atoms with Crippen molar-refractivity contribution in [3.05, 3.63) is 47.5 Å². The van der Waals surface area contributed by atoms with Gasteiger partial charge in [0, 0.05) is 41.0 Å². The summed E-state index contributed by atoms with van der Waals surface area (Å²) < 4.78 is 22.1. The van der Waals surface area contributed by atoms with E-state index in [0.29, 0.717) is 25.9 Å². The van der Waals surface area contributed by atoms with Crippen molar-refractivity contribution in [1.29, 1.82) is 0 Å². The van der Waals surface area contributed by atoms with Crippen LogP contribution in [0.2, 0.25) is 0 Å². The van der Waals surface area contributed by atoms with Crippen molar-refractivity contribution in [2.75, 3.05) is 13.7 Å². The molecule has 1 saturated heterocycles. The molecular formula is C35H52N2O9. The van der Waals surface area contributed by atoms with Crippen LogP contribution in [0.4, 0.5) is 0 Å². The molecule has 0 spiro atoms. The molecule has 1 aliphatic heterocycles. The second-order valence-electron chi connectivity index (χ2n) is 12.9. The number of hydrogen-bond acceptors (Lipinski definition) is 9. The summed E-state index contributed by atoms with van der Waals surface area (Å²) in [6.45, 7) is 14.8. The first-order valence-electron chi connectivity index (χ1n) is 16.0. The van der Waals surface area contributed by atoms with E-state index in [1.807, 2.05) is 26.0 Å². The number of methoxy groups -OCH3 is 1. The second-order valence-corrected chi connectivity index (χ2v) is 12.9. The van der Waals surface area contributed by atoms with Crippen LogP contribution in [0.1, 0.15) is 92.2 Å². The molecule has 2 amide bonds. The lowest BCUT2D eigenvalue weighted by Crippen LogP contribution is -2.58. The Balaban J connectivity index is 2.37. The minimum atomic E-state index is -1.52. The topological polar surface area (TPSA) is 138 Å². The van der Waals surface area contributed by atoms with Crippen LogP contribution in [0.15, 0.2) is 36.4 Å². The molecule has 256 valence electrons. The summed E-state index contributed by atoms with van der Waals surface area (Å²) in [5.41, 5.74) is 2.17. The summed E-state index contributed by atoms with van der Waals surface area (Å²) >= 11 is 0. The van der Waals surface area contributed by atoms with Crippen molar-refractivity contribution in [3.63, 3.8) is 0 Å². The predicted octanol–water partition coefficient (Wildman–Crippen LogP) is 4.39. The fourth-order valence-corrected chi connectivity index (χ4v) is 5.22. The standard InChI is InChI=1S/C35H52N2O9/c1-10-22(2)14-19-29(44-23(3)38)30(45-24(4)39)31(46-25(5)40)32(43-9)33(41)36-28-13-11-12-20-37(34(28)42)21-26-15-17-27(18-16-26)35(6,7)8/h14-19,22,28-32H,10-13,20-21H2,1-9H3,(H,36,41)/t22?,28?,29-,30+,31-,32-/m1/s1. The van der Waals surface area contributed by atoms with Crippen molar-refractivity contribution in [2.24, 2.45) is 5.92 Å². The molecule has 6 atom stereocenters. The fraction of sp³-hybridized carbons (Fsp3) is 0.629. The van der Waals surface area contributed by atoms with E-state index in [2.05, 4.69) is 38.2 Å². The van der Waals surface area contributed by atoms with E-state index in [-0.39, 0.29) is 17.2 Å². The Hall–Kier alpha value is -3.73. The number of ether oxygens (including phenoxy) is 4. The van der Waals surface area contributed by atoms with E-state index in [4.69, 9.17) is 18.9 Å². The van der Waals surface area contributed by atoms with Crippen LogP contribution in [-0.2, 0) is 54.9 Å². The van der Waals surface area contributed by atoms with Crippen molar-refractivity contribution < 1.29 is 42.9 Å². The van der Waals surface area contributed by atoms with Crippen molar-refractivity contribution in [1.82, 2.24) is 10.2 Å². The number of carbonyl (C=O) groups is 5. The average molecular weight is 645 g/mol. The normalized spacial score (nSPS) is 18.9. The minimum absolute atomic E-state index is 0.00504. The number of nitrogens with one attached hydrogen (secondary N) is 1. The van der Waals surface area contributed by atoms with Crippen molar-refractivity contribution in [3.8, 4) is 0 Å². The maximum Gasteiger partial charge on any atom is 0.303 e. The second kappa shape index (κ2) is 17.8. The molecule has 0 aromatic heterocycles. The largest absolute Gasteiger partial charge is 0.455 e. The van der Waals surface area contributed by atoms with E-state index in [9.17, 15) is 24.0 Å². The molecule has 1 heterocycles. The van der Waals surface area contributed by atoms with Gasteiger partial charge in [-0.1, -0.05) is 71.4 Å². The summed E-state index contributed by atoms with van der Waals surface area (Å²) in [5.74, 6) is -3.10. The molecule has 1 aliphatic rings. The highest BCUT2D eigenvalue weighted by Crippen LogP contribution is 2.24. The number of nitrogens with zero attached hydrogens (tertiary/aromatic N) is 1. The number of amides is 2. The Labute approximate surface area is 273 Å². The molecule has 46 heavy (non-hydrogen) atoms. The smallest absolute Gasteiger partial charge is 0.303 e. The lowest BCUT2D eigenvalue weighted by Gasteiger charge is -2.34. The maximum atomic E-state index is 13.8. The Kier molecular flexibility index (Phi) is 14.9. The van der Waals surface area contributed by atoms with Gasteiger partial charge in [-0.3, -0.25) is 24.0 Å². The number of allylic oxidation sites excluding steroid dienone is 1. The highest BCUT2D eigenvalue weighted by Gasteiger charge is 2.45. The van der Waals surface area contributed by atoms with Crippen molar-refractivity contribution in [2.45, 2.75) is 123 Å². The third-order valence-corrected chi connectivity index (χ3v) is 7.93. The van der Waals surface area contributed by atoms with Crippen LogP contribution in [0.5, 0.6) is 0 Å². The summed E-state index contributed by atoms with van der Waals surface area (Å²) in [4.78, 5) is 65.8. The maximum absolute atomic E-state index is 13.8. The van der Waals surface area contributed by atoms with Crippen LogP contribution < -0.4 is 5.32 Å². The molecule has 1 N–H and O–H groups in total. The van der Waals surface area contributed by atoms with Crippen LogP contribution in [0.3, 0.4) is 0 Å². The number of carbonyl (C=O) groups excluding carboxylic acids is 5. The Morgan fingerprint density at radius 3 is 2.04 bits per heavy atom. The molecule has 0 bridgehead atoms. The highest BCUT2D eigenvalue weighted by molar-refractivity contribution is 5.90. The number of likely N-dealkylation sites (tertiary alicyclic amines) is 1. The van der Waals surface area contributed by atoms with Crippen LogP contribution in [0, 0.1) is 5.92 Å². The fourth-order valence-electron chi connectivity index (χ4n) is 5.22. The summed E-state index contributed by atoms with van der Waals surface area (Å²) in [5, 5.41) is 2.79.